The lowest BCUT2D eigenvalue weighted by molar-refractivity contribution is -0.117. The normalized spacial score (nSPS) is 17.1. The van der Waals surface area contributed by atoms with Crippen molar-refractivity contribution >= 4 is 34.8 Å². The lowest BCUT2D eigenvalue weighted by Gasteiger charge is -2.17. The molecule has 1 aliphatic heterocycles. The first-order valence-corrected chi connectivity index (χ1v) is 8.62. The van der Waals surface area contributed by atoms with Gasteiger partial charge in [-0.05, 0) is 30.3 Å². The molecule has 5 nitrogen and oxygen atoms in total. The molecule has 1 fully saturated rings. The van der Waals surface area contributed by atoms with Gasteiger partial charge >= 0.3 is 0 Å². The molecule has 4 rings (SSSR count). The maximum atomic E-state index is 13.5. The van der Waals surface area contributed by atoms with E-state index in [-0.39, 0.29) is 24.8 Å². The Morgan fingerprint density at radius 3 is 2.77 bits per heavy atom. The van der Waals surface area contributed by atoms with Crippen molar-refractivity contribution in [1.82, 2.24) is 10.1 Å². The van der Waals surface area contributed by atoms with E-state index in [9.17, 15) is 9.18 Å². The molecule has 0 radical (unpaired) electrons. The van der Waals surface area contributed by atoms with Gasteiger partial charge in [-0.1, -0.05) is 40.5 Å². The van der Waals surface area contributed by atoms with Gasteiger partial charge in [0.2, 0.25) is 17.6 Å². The number of hydrogen-bond donors (Lipinski definition) is 0. The van der Waals surface area contributed by atoms with E-state index in [0.29, 0.717) is 33.0 Å². The zero-order valence-electron chi connectivity index (χ0n) is 13.3. The van der Waals surface area contributed by atoms with E-state index in [1.165, 1.54) is 23.1 Å². The quantitative estimate of drug-likeness (QED) is 0.648. The number of rotatable bonds is 3. The smallest absolute Gasteiger partial charge is 0.232 e. The van der Waals surface area contributed by atoms with Gasteiger partial charge in [-0.25, -0.2) is 4.39 Å². The summed E-state index contributed by atoms with van der Waals surface area (Å²) in [5.74, 6) is -0.242. The number of aromatic nitrogens is 2. The van der Waals surface area contributed by atoms with Crippen molar-refractivity contribution in [3.8, 4) is 11.4 Å². The van der Waals surface area contributed by atoms with Crippen molar-refractivity contribution in [2.45, 2.75) is 12.3 Å². The first-order valence-electron chi connectivity index (χ1n) is 7.87. The zero-order valence-corrected chi connectivity index (χ0v) is 14.8. The number of halogens is 3. The van der Waals surface area contributed by atoms with Gasteiger partial charge in [-0.2, -0.15) is 4.98 Å². The minimum atomic E-state index is -0.459. The molecule has 3 aromatic rings. The van der Waals surface area contributed by atoms with Crippen molar-refractivity contribution in [1.29, 1.82) is 0 Å². The Morgan fingerprint density at radius 1 is 1.15 bits per heavy atom. The highest BCUT2D eigenvalue weighted by Crippen LogP contribution is 2.36. The predicted molar refractivity (Wildman–Crippen MR) is 95.9 cm³/mol. The molecule has 1 aromatic heterocycles. The number of carbonyl (C=O) groups is 1. The molecule has 2 aromatic carbocycles. The molecule has 26 heavy (non-hydrogen) atoms. The highest BCUT2D eigenvalue weighted by Gasteiger charge is 2.36. The third kappa shape index (κ3) is 3.06. The largest absolute Gasteiger partial charge is 0.339 e. The molecular weight excluding hydrogens is 380 g/mol. The summed E-state index contributed by atoms with van der Waals surface area (Å²) >= 11 is 12.3. The van der Waals surface area contributed by atoms with Crippen LogP contribution in [0.5, 0.6) is 0 Å². The fraction of sp³-hybridized carbons (Fsp3) is 0.167. The van der Waals surface area contributed by atoms with Crippen LogP contribution in [0.3, 0.4) is 0 Å². The number of anilines is 1. The first kappa shape index (κ1) is 17.0. The first-order chi connectivity index (χ1) is 12.5. The van der Waals surface area contributed by atoms with Crippen molar-refractivity contribution in [3.05, 3.63) is 64.2 Å². The summed E-state index contributed by atoms with van der Waals surface area (Å²) in [4.78, 5) is 18.2. The maximum Gasteiger partial charge on any atom is 0.232 e. The van der Waals surface area contributed by atoms with Gasteiger partial charge in [0.05, 0.1) is 21.7 Å². The van der Waals surface area contributed by atoms with E-state index in [1.807, 2.05) is 12.1 Å². The van der Waals surface area contributed by atoms with Crippen molar-refractivity contribution in [2.75, 3.05) is 11.4 Å². The van der Waals surface area contributed by atoms with E-state index < -0.39 is 5.82 Å². The molecular formula is C18H12Cl2FN3O2. The van der Waals surface area contributed by atoms with E-state index in [1.54, 1.807) is 12.1 Å². The standard InChI is InChI=1S/C18H12Cl2FN3O2/c19-13-4-2-1-3-12(13)17-22-18(26-23-17)10-7-16(25)24(9-10)15-8-11(21)5-6-14(15)20/h1-6,8,10H,7,9H2. The molecule has 2 heterocycles. The molecule has 1 amide bonds. The Bertz CT molecular complexity index is 992. The molecule has 1 atom stereocenters. The summed E-state index contributed by atoms with van der Waals surface area (Å²) in [6.07, 6.45) is 0.178. The number of nitrogens with zero attached hydrogens (tertiary/aromatic N) is 3. The van der Waals surface area contributed by atoms with Crippen LogP contribution in [0, 0.1) is 5.82 Å². The third-order valence-electron chi connectivity index (χ3n) is 4.23. The second-order valence-electron chi connectivity index (χ2n) is 5.94. The molecule has 1 unspecified atom stereocenters. The Hall–Kier alpha value is -2.44. The lowest BCUT2D eigenvalue weighted by atomic mass is 10.1. The van der Waals surface area contributed by atoms with Crippen LogP contribution in [0.25, 0.3) is 11.4 Å². The van der Waals surface area contributed by atoms with Crippen molar-refractivity contribution < 1.29 is 13.7 Å². The fourth-order valence-electron chi connectivity index (χ4n) is 2.95. The summed E-state index contributed by atoms with van der Waals surface area (Å²) in [5.41, 5.74) is 0.989. The fourth-order valence-corrected chi connectivity index (χ4v) is 3.39. The molecule has 132 valence electrons. The minimum absolute atomic E-state index is 0.178. The highest BCUT2D eigenvalue weighted by molar-refractivity contribution is 6.34. The predicted octanol–water partition coefficient (Wildman–Crippen LogP) is 4.70. The van der Waals surface area contributed by atoms with Gasteiger partial charge < -0.3 is 9.42 Å². The van der Waals surface area contributed by atoms with Crippen molar-refractivity contribution in [3.63, 3.8) is 0 Å². The summed E-state index contributed by atoms with van der Waals surface area (Å²) in [7, 11) is 0. The van der Waals surface area contributed by atoms with Crippen LogP contribution in [-0.2, 0) is 4.79 Å². The Kier molecular flexibility index (Phi) is 4.38. The van der Waals surface area contributed by atoms with Crippen LogP contribution in [-0.4, -0.2) is 22.6 Å². The summed E-state index contributed by atoms with van der Waals surface area (Å²) in [6.45, 7) is 0.284. The summed E-state index contributed by atoms with van der Waals surface area (Å²) in [5, 5.41) is 4.78. The Balaban J connectivity index is 1.60. The molecule has 0 spiro atoms. The van der Waals surface area contributed by atoms with E-state index in [0.717, 1.165) is 0 Å². The van der Waals surface area contributed by atoms with Crippen LogP contribution in [0.15, 0.2) is 47.0 Å². The molecule has 1 aliphatic rings. The van der Waals surface area contributed by atoms with Gasteiger partial charge in [0.1, 0.15) is 5.82 Å². The molecule has 0 saturated carbocycles. The van der Waals surface area contributed by atoms with Crippen LogP contribution in [0.4, 0.5) is 10.1 Å². The zero-order chi connectivity index (χ0) is 18.3. The molecule has 0 aliphatic carbocycles. The van der Waals surface area contributed by atoms with E-state index in [2.05, 4.69) is 10.1 Å². The van der Waals surface area contributed by atoms with Crippen LogP contribution >= 0.6 is 23.2 Å². The van der Waals surface area contributed by atoms with Crippen LogP contribution in [0.2, 0.25) is 10.0 Å². The number of benzene rings is 2. The topological polar surface area (TPSA) is 59.2 Å². The monoisotopic (exact) mass is 391 g/mol. The molecule has 1 saturated heterocycles. The van der Waals surface area contributed by atoms with Crippen LogP contribution < -0.4 is 4.90 Å². The minimum Gasteiger partial charge on any atom is -0.339 e. The van der Waals surface area contributed by atoms with Gasteiger partial charge in [0.15, 0.2) is 0 Å². The van der Waals surface area contributed by atoms with E-state index >= 15 is 0 Å². The highest BCUT2D eigenvalue weighted by atomic mass is 35.5. The Labute approximate surface area is 158 Å². The lowest BCUT2D eigenvalue weighted by Crippen LogP contribution is -2.24. The second kappa shape index (κ2) is 6.70. The van der Waals surface area contributed by atoms with Gasteiger partial charge in [-0.15, -0.1) is 0 Å². The van der Waals surface area contributed by atoms with Crippen molar-refractivity contribution in [2.24, 2.45) is 0 Å². The average Bonchev–Trinajstić information content (AvgIpc) is 3.24. The van der Waals surface area contributed by atoms with Gasteiger partial charge in [-0.3, -0.25) is 4.79 Å². The number of hydrogen-bond acceptors (Lipinski definition) is 4. The number of carbonyl (C=O) groups excluding carboxylic acids is 1. The SMILES string of the molecule is O=C1CC(c2nc(-c3ccccc3Cl)no2)CN1c1cc(F)ccc1Cl. The summed E-state index contributed by atoms with van der Waals surface area (Å²) in [6, 6.07) is 11.1. The molecule has 8 heteroatoms. The molecule has 0 N–H and O–H groups in total. The average molecular weight is 392 g/mol. The summed E-state index contributed by atoms with van der Waals surface area (Å²) < 4.78 is 18.9. The Morgan fingerprint density at radius 2 is 1.96 bits per heavy atom. The molecule has 0 bridgehead atoms. The number of amides is 1. The van der Waals surface area contributed by atoms with Crippen LogP contribution in [0.1, 0.15) is 18.2 Å². The van der Waals surface area contributed by atoms with Gasteiger partial charge in [0, 0.05) is 18.5 Å². The van der Waals surface area contributed by atoms with Gasteiger partial charge in [0.25, 0.3) is 0 Å². The third-order valence-corrected chi connectivity index (χ3v) is 4.88. The second-order valence-corrected chi connectivity index (χ2v) is 6.75. The maximum absolute atomic E-state index is 13.5. The van der Waals surface area contributed by atoms with E-state index in [4.69, 9.17) is 27.7 Å².